The summed E-state index contributed by atoms with van der Waals surface area (Å²) in [4.78, 5) is 17.2. The highest BCUT2D eigenvalue weighted by molar-refractivity contribution is 5.78. The molecule has 34 heavy (non-hydrogen) atoms. The van der Waals surface area contributed by atoms with Gasteiger partial charge in [-0.05, 0) is 55.3 Å². The number of imidazole rings is 1. The summed E-state index contributed by atoms with van der Waals surface area (Å²) in [6.45, 7) is 5.19. The third-order valence-electron chi connectivity index (χ3n) is 5.52. The molecule has 0 spiro atoms. The molecule has 0 bridgehead atoms. The van der Waals surface area contributed by atoms with Crippen LogP contribution in [0, 0.1) is 13.8 Å². The second-order valence-electron chi connectivity index (χ2n) is 8.00. The summed E-state index contributed by atoms with van der Waals surface area (Å²) in [5.74, 6) is 2.65. The smallest absolute Gasteiger partial charge is 0.258 e. The number of nitrogens with zero attached hydrogens (tertiary/aromatic N) is 2. The number of aryl methyl sites for hydroxylation is 2. The summed E-state index contributed by atoms with van der Waals surface area (Å²) in [5, 5.41) is 2.92. The fourth-order valence-corrected chi connectivity index (χ4v) is 3.73. The largest absolute Gasteiger partial charge is 0.493 e. The lowest BCUT2D eigenvalue weighted by molar-refractivity contribution is -0.123. The van der Waals surface area contributed by atoms with Gasteiger partial charge in [-0.2, -0.15) is 0 Å². The lowest BCUT2D eigenvalue weighted by Gasteiger charge is -2.13. The van der Waals surface area contributed by atoms with Gasteiger partial charge in [-0.3, -0.25) is 4.79 Å². The zero-order valence-corrected chi connectivity index (χ0v) is 19.7. The summed E-state index contributed by atoms with van der Waals surface area (Å²) >= 11 is 0. The molecule has 0 atom stereocenters. The van der Waals surface area contributed by atoms with Gasteiger partial charge in [0.2, 0.25) is 0 Å². The second-order valence-corrected chi connectivity index (χ2v) is 8.00. The van der Waals surface area contributed by atoms with E-state index >= 15 is 0 Å². The van der Waals surface area contributed by atoms with Crippen molar-refractivity contribution in [1.82, 2.24) is 14.9 Å². The van der Waals surface area contributed by atoms with E-state index in [0.717, 1.165) is 33.7 Å². The quantitative estimate of drug-likeness (QED) is 0.380. The van der Waals surface area contributed by atoms with E-state index in [1.54, 1.807) is 7.11 Å². The summed E-state index contributed by atoms with van der Waals surface area (Å²) in [5.41, 5.74) is 3.94. The van der Waals surface area contributed by atoms with Crippen LogP contribution in [-0.4, -0.2) is 35.8 Å². The normalized spacial score (nSPS) is 10.8. The molecule has 7 heteroatoms. The molecular formula is C27H29N3O4. The number of benzene rings is 3. The van der Waals surface area contributed by atoms with Crippen LogP contribution in [0.2, 0.25) is 0 Å². The molecule has 0 saturated carbocycles. The summed E-state index contributed by atoms with van der Waals surface area (Å²) in [7, 11) is 1.62. The van der Waals surface area contributed by atoms with Gasteiger partial charge in [-0.15, -0.1) is 0 Å². The van der Waals surface area contributed by atoms with Crippen molar-refractivity contribution >= 4 is 16.9 Å². The van der Waals surface area contributed by atoms with Crippen molar-refractivity contribution in [3.8, 4) is 17.2 Å². The van der Waals surface area contributed by atoms with E-state index in [0.29, 0.717) is 31.2 Å². The molecule has 0 aliphatic carbocycles. The molecular weight excluding hydrogens is 430 g/mol. The predicted molar refractivity (Wildman–Crippen MR) is 131 cm³/mol. The molecule has 0 fully saturated rings. The average molecular weight is 460 g/mol. The van der Waals surface area contributed by atoms with Crippen molar-refractivity contribution in [3.63, 3.8) is 0 Å². The Bertz CT molecular complexity index is 1280. The Morgan fingerprint density at radius 2 is 1.71 bits per heavy atom. The summed E-state index contributed by atoms with van der Waals surface area (Å²) in [6.07, 6.45) is 0. The van der Waals surface area contributed by atoms with Gasteiger partial charge in [-0.1, -0.05) is 36.4 Å². The SMILES string of the molecule is COc1ccccc1OCCn1c(CNC(=O)COc2cc(C)ccc2C)nc2ccccc21. The molecule has 1 N–H and O–H groups in total. The third kappa shape index (κ3) is 5.49. The molecule has 7 nitrogen and oxygen atoms in total. The van der Waals surface area contributed by atoms with Crippen molar-refractivity contribution in [2.45, 2.75) is 26.9 Å². The minimum Gasteiger partial charge on any atom is -0.493 e. The standard InChI is InChI=1S/C27H29N3O4/c1-19-12-13-20(2)25(16-19)34-18-27(31)28-17-26-29-21-8-4-5-9-22(21)30(26)14-15-33-24-11-7-6-10-23(24)32-3/h4-13,16H,14-15,17-18H2,1-3H3,(H,28,31). The number of carbonyl (C=O) groups excluding carboxylic acids is 1. The van der Waals surface area contributed by atoms with Crippen LogP contribution in [0.15, 0.2) is 66.7 Å². The number of ether oxygens (including phenoxy) is 3. The van der Waals surface area contributed by atoms with Crippen LogP contribution in [0.1, 0.15) is 17.0 Å². The Balaban J connectivity index is 1.40. The molecule has 176 valence electrons. The lowest BCUT2D eigenvalue weighted by atomic mass is 10.1. The van der Waals surface area contributed by atoms with Gasteiger partial charge in [0.1, 0.15) is 18.2 Å². The van der Waals surface area contributed by atoms with E-state index in [2.05, 4.69) is 9.88 Å². The topological polar surface area (TPSA) is 74.6 Å². The number of aromatic nitrogens is 2. The van der Waals surface area contributed by atoms with Crippen LogP contribution in [0.5, 0.6) is 17.2 Å². The van der Waals surface area contributed by atoms with Gasteiger partial charge in [-0.25, -0.2) is 4.98 Å². The number of nitrogens with one attached hydrogen (secondary N) is 1. The average Bonchev–Trinajstić information content (AvgIpc) is 3.21. The molecule has 1 heterocycles. The molecule has 0 aliphatic rings. The molecule has 1 amide bonds. The molecule has 0 aliphatic heterocycles. The number of amides is 1. The van der Waals surface area contributed by atoms with Crippen LogP contribution in [0.25, 0.3) is 11.0 Å². The van der Waals surface area contributed by atoms with Crippen molar-refractivity contribution in [1.29, 1.82) is 0 Å². The number of rotatable bonds is 10. The van der Waals surface area contributed by atoms with Gasteiger partial charge in [0, 0.05) is 0 Å². The van der Waals surface area contributed by atoms with Gasteiger partial charge < -0.3 is 24.1 Å². The van der Waals surface area contributed by atoms with Crippen LogP contribution >= 0.6 is 0 Å². The maximum absolute atomic E-state index is 12.5. The van der Waals surface area contributed by atoms with E-state index in [4.69, 9.17) is 19.2 Å². The Morgan fingerprint density at radius 1 is 0.941 bits per heavy atom. The van der Waals surface area contributed by atoms with Crippen molar-refractivity contribution in [3.05, 3.63) is 83.7 Å². The van der Waals surface area contributed by atoms with Gasteiger partial charge in [0.15, 0.2) is 18.1 Å². The maximum atomic E-state index is 12.5. The monoisotopic (exact) mass is 459 g/mol. The zero-order chi connectivity index (χ0) is 23.9. The fraction of sp³-hybridized carbons (Fsp3) is 0.259. The number of fused-ring (bicyclic) bond motifs is 1. The van der Waals surface area contributed by atoms with E-state index < -0.39 is 0 Å². The molecule has 0 unspecified atom stereocenters. The van der Waals surface area contributed by atoms with E-state index in [1.807, 2.05) is 80.6 Å². The first kappa shape index (κ1) is 23.2. The highest BCUT2D eigenvalue weighted by Crippen LogP contribution is 2.26. The number of carbonyl (C=O) groups is 1. The molecule has 4 rings (SSSR count). The van der Waals surface area contributed by atoms with Crippen molar-refractivity contribution in [2.24, 2.45) is 0 Å². The summed E-state index contributed by atoms with van der Waals surface area (Å²) in [6, 6.07) is 21.4. The maximum Gasteiger partial charge on any atom is 0.258 e. The summed E-state index contributed by atoms with van der Waals surface area (Å²) < 4.78 is 19.1. The van der Waals surface area contributed by atoms with E-state index in [9.17, 15) is 4.79 Å². The fourth-order valence-electron chi connectivity index (χ4n) is 3.73. The second kappa shape index (κ2) is 10.7. The first-order valence-corrected chi connectivity index (χ1v) is 11.2. The van der Waals surface area contributed by atoms with Crippen molar-refractivity contribution < 1.29 is 19.0 Å². The predicted octanol–water partition coefficient (Wildman–Crippen LogP) is 4.44. The van der Waals surface area contributed by atoms with Crippen LogP contribution in [0.4, 0.5) is 0 Å². The number of hydrogen-bond donors (Lipinski definition) is 1. The van der Waals surface area contributed by atoms with E-state index in [-0.39, 0.29) is 12.5 Å². The molecule has 1 aromatic heterocycles. The zero-order valence-electron chi connectivity index (χ0n) is 19.7. The van der Waals surface area contributed by atoms with Crippen LogP contribution in [0.3, 0.4) is 0 Å². The minimum absolute atomic E-state index is 0.0541. The number of hydrogen-bond acceptors (Lipinski definition) is 5. The Labute approximate surface area is 199 Å². The molecule has 0 saturated heterocycles. The Kier molecular flexibility index (Phi) is 7.32. The Hall–Kier alpha value is -4.00. The molecule has 3 aromatic carbocycles. The first-order valence-electron chi connectivity index (χ1n) is 11.2. The minimum atomic E-state index is -0.204. The lowest BCUT2D eigenvalue weighted by Crippen LogP contribution is -2.30. The van der Waals surface area contributed by atoms with Crippen LogP contribution < -0.4 is 19.5 Å². The number of methoxy groups -OCH3 is 1. The third-order valence-corrected chi connectivity index (χ3v) is 5.52. The Morgan fingerprint density at radius 3 is 2.53 bits per heavy atom. The van der Waals surface area contributed by atoms with Gasteiger partial charge in [0.25, 0.3) is 5.91 Å². The number of para-hydroxylation sites is 4. The van der Waals surface area contributed by atoms with Crippen LogP contribution in [-0.2, 0) is 17.9 Å². The molecule has 4 aromatic rings. The highest BCUT2D eigenvalue weighted by Gasteiger charge is 2.13. The van der Waals surface area contributed by atoms with Crippen molar-refractivity contribution in [2.75, 3.05) is 20.3 Å². The highest BCUT2D eigenvalue weighted by atomic mass is 16.5. The first-order chi connectivity index (χ1) is 16.5. The molecule has 0 radical (unpaired) electrons. The van der Waals surface area contributed by atoms with E-state index in [1.165, 1.54) is 0 Å². The van der Waals surface area contributed by atoms with Gasteiger partial charge in [0.05, 0.1) is 31.2 Å². The van der Waals surface area contributed by atoms with Gasteiger partial charge >= 0.3 is 0 Å².